The van der Waals surface area contributed by atoms with Gasteiger partial charge in [-0.05, 0) is 77.1 Å². The van der Waals surface area contributed by atoms with Gasteiger partial charge in [-0.2, -0.15) is 0 Å². The fourth-order valence-electron chi connectivity index (χ4n) is 4.18. The number of carbonyl (C=O) groups excluding carboxylic acids is 1. The van der Waals surface area contributed by atoms with Gasteiger partial charge >= 0.3 is 0 Å². The minimum atomic E-state index is 0.126. The molecule has 124 valence electrons. The number of anilines is 1. The summed E-state index contributed by atoms with van der Waals surface area (Å²) < 4.78 is 7.92. The topological polar surface area (TPSA) is 23.6 Å². The molecule has 0 aromatic heterocycles. The number of allylic oxidation sites excluding steroid dienone is 1. The molecule has 0 saturated carbocycles. The van der Waals surface area contributed by atoms with Crippen molar-refractivity contribution in [2.45, 2.75) is 66.9 Å². The molecule has 23 heavy (non-hydrogen) atoms. The molecule has 2 aliphatic heterocycles. The van der Waals surface area contributed by atoms with Crippen molar-refractivity contribution in [2.24, 2.45) is 0 Å². The highest BCUT2D eigenvalue weighted by molar-refractivity contribution is 6.04. The summed E-state index contributed by atoms with van der Waals surface area (Å²) in [6, 6.07) is 0.426. The molecule has 0 N–H and O–H groups in total. The first-order valence-corrected chi connectivity index (χ1v) is 8.36. The van der Waals surface area contributed by atoms with E-state index in [0.717, 1.165) is 45.6 Å². The normalized spacial score (nSPS) is 24.7. The third kappa shape index (κ3) is 1.98. The van der Waals surface area contributed by atoms with Gasteiger partial charge in [-0.15, -0.1) is 0 Å². The first-order chi connectivity index (χ1) is 11.2. The predicted octanol–water partition coefficient (Wildman–Crippen LogP) is 4.27. The molecule has 2 heterocycles. The molecule has 0 bridgehead atoms. The third-order valence-corrected chi connectivity index (χ3v) is 6.21. The smallest absolute Gasteiger partial charge is 0.260 e. The Morgan fingerprint density at radius 3 is 2.30 bits per heavy atom. The SMILES string of the molecule is [2H]Cc1c(C)c(C)c2c(c1C)N(C)C(C)[C@@H]1CC(C)=C(C)N1C2=O. The molecular weight excluding hydrogens is 284 g/mol. The summed E-state index contributed by atoms with van der Waals surface area (Å²) in [5.41, 5.74) is 8.54. The maximum absolute atomic E-state index is 13.5. The molecule has 0 saturated heterocycles. The number of likely N-dealkylation sites (N-methyl/N-ethyl adjacent to an activating group) is 1. The lowest BCUT2D eigenvalue weighted by Gasteiger charge is -2.34. The minimum absolute atomic E-state index is 0.126. The van der Waals surface area contributed by atoms with Crippen LogP contribution in [0.4, 0.5) is 5.69 Å². The fraction of sp³-hybridized carbons (Fsp3) is 0.550. The Bertz CT molecular complexity index is 766. The first-order valence-electron chi connectivity index (χ1n) is 9.07. The standard InChI is InChI=1S/C20H28N2O/c1-10-9-17-16(7)21(8)19-14(5)12(3)11(2)13(4)18(19)20(23)22(17)15(10)6/h16-17H,9H2,1-8H3/t16?,17-/m0/s1/i3D. The zero-order valence-electron chi connectivity index (χ0n) is 16.4. The summed E-state index contributed by atoms with van der Waals surface area (Å²) in [4.78, 5) is 17.8. The van der Waals surface area contributed by atoms with Crippen LogP contribution in [0.3, 0.4) is 0 Å². The van der Waals surface area contributed by atoms with Crippen LogP contribution in [0.1, 0.15) is 61.2 Å². The molecule has 3 rings (SSSR count). The van der Waals surface area contributed by atoms with Gasteiger partial charge in [0, 0.05) is 20.2 Å². The molecule has 1 aromatic rings. The van der Waals surface area contributed by atoms with Crippen molar-refractivity contribution in [3.05, 3.63) is 39.1 Å². The number of fused-ring (bicyclic) bond motifs is 2. The summed E-state index contributed by atoms with van der Waals surface area (Å²) in [5.74, 6) is 0.126. The van der Waals surface area contributed by atoms with Crippen LogP contribution >= 0.6 is 0 Å². The van der Waals surface area contributed by atoms with Crippen LogP contribution in [0, 0.1) is 27.7 Å². The van der Waals surface area contributed by atoms with Gasteiger partial charge in [-0.3, -0.25) is 4.79 Å². The van der Waals surface area contributed by atoms with Crippen molar-refractivity contribution >= 4 is 11.6 Å². The van der Waals surface area contributed by atoms with Crippen LogP contribution in [-0.4, -0.2) is 29.9 Å². The maximum Gasteiger partial charge on any atom is 0.260 e. The average Bonchev–Trinajstić information content (AvgIpc) is 2.80. The number of benzene rings is 1. The molecule has 0 spiro atoms. The largest absolute Gasteiger partial charge is 0.369 e. The van der Waals surface area contributed by atoms with Crippen molar-refractivity contribution in [1.29, 1.82) is 0 Å². The van der Waals surface area contributed by atoms with Crippen molar-refractivity contribution in [2.75, 3.05) is 11.9 Å². The summed E-state index contributed by atoms with van der Waals surface area (Å²) in [6.45, 7) is 12.8. The lowest BCUT2D eigenvalue weighted by molar-refractivity contribution is 0.0761. The molecule has 0 aliphatic carbocycles. The van der Waals surface area contributed by atoms with Gasteiger partial charge in [-0.25, -0.2) is 0 Å². The molecule has 2 atom stereocenters. The number of hydrogen-bond donors (Lipinski definition) is 0. The second-order valence-electron chi connectivity index (χ2n) is 7.24. The number of rotatable bonds is 0. The number of carbonyl (C=O) groups is 1. The second-order valence-corrected chi connectivity index (χ2v) is 7.24. The summed E-state index contributed by atoms with van der Waals surface area (Å²) >= 11 is 0. The fourth-order valence-corrected chi connectivity index (χ4v) is 4.18. The van der Waals surface area contributed by atoms with Crippen molar-refractivity contribution in [3.8, 4) is 0 Å². The number of amides is 1. The van der Waals surface area contributed by atoms with Crippen LogP contribution in [0.2, 0.25) is 0 Å². The molecular formula is C20H28N2O. The van der Waals surface area contributed by atoms with Gasteiger partial charge in [0.2, 0.25) is 0 Å². The van der Waals surface area contributed by atoms with E-state index in [1.54, 1.807) is 0 Å². The highest BCUT2D eigenvalue weighted by Crippen LogP contribution is 2.42. The zero-order chi connectivity index (χ0) is 17.9. The van der Waals surface area contributed by atoms with Crippen LogP contribution < -0.4 is 4.90 Å². The molecule has 0 fully saturated rings. The van der Waals surface area contributed by atoms with Gasteiger partial charge in [-0.1, -0.05) is 5.57 Å². The monoisotopic (exact) mass is 313 g/mol. The summed E-state index contributed by atoms with van der Waals surface area (Å²) in [5, 5.41) is 0. The van der Waals surface area contributed by atoms with E-state index in [1.165, 1.54) is 5.57 Å². The van der Waals surface area contributed by atoms with Gasteiger partial charge in [0.1, 0.15) is 0 Å². The van der Waals surface area contributed by atoms with E-state index in [4.69, 9.17) is 1.37 Å². The zero-order valence-corrected chi connectivity index (χ0v) is 15.4. The molecule has 1 unspecified atom stereocenters. The molecule has 0 radical (unpaired) electrons. The molecule has 1 aromatic carbocycles. The Morgan fingerprint density at radius 2 is 1.70 bits per heavy atom. The molecule has 3 heteroatoms. The maximum atomic E-state index is 13.5. The molecule has 1 amide bonds. The average molecular weight is 313 g/mol. The number of hydrogen-bond acceptors (Lipinski definition) is 2. The predicted molar refractivity (Wildman–Crippen MR) is 96.2 cm³/mol. The summed E-state index contributed by atoms with van der Waals surface area (Å²) in [6.07, 6.45) is 0.944. The Morgan fingerprint density at radius 1 is 1.04 bits per heavy atom. The Hall–Kier alpha value is -1.77. The molecule has 3 nitrogen and oxygen atoms in total. The van der Waals surface area contributed by atoms with Gasteiger partial charge in [0.25, 0.3) is 5.91 Å². The Kier molecular flexibility index (Phi) is 3.29. The lowest BCUT2D eigenvalue weighted by Crippen LogP contribution is -2.45. The van der Waals surface area contributed by atoms with E-state index < -0.39 is 0 Å². The molecule has 2 aliphatic rings. The van der Waals surface area contributed by atoms with E-state index in [-0.39, 0.29) is 24.9 Å². The highest BCUT2D eigenvalue weighted by Gasteiger charge is 2.43. The van der Waals surface area contributed by atoms with Crippen molar-refractivity contribution < 1.29 is 6.17 Å². The second kappa shape index (κ2) is 5.12. The Labute approximate surface area is 141 Å². The van der Waals surface area contributed by atoms with Crippen LogP contribution in [0.5, 0.6) is 0 Å². The third-order valence-electron chi connectivity index (χ3n) is 6.21. The van der Waals surface area contributed by atoms with Crippen LogP contribution in [0.25, 0.3) is 0 Å². The Balaban J connectivity index is 2.34. The van der Waals surface area contributed by atoms with Gasteiger partial charge in [0.05, 0.1) is 17.3 Å². The van der Waals surface area contributed by atoms with E-state index in [2.05, 4.69) is 39.6 Å². The number of nitrogens with zero attached hydrogens (tertiary/aromatic N) is 2. The quantitative estimate of drug-likeness (QED) is 0.714. The first kappa shape index (κ1) is 14.8. The van der Waals surface area contributed by atoms with Crippen LogP contribution in [-0.2, 0) is 0 Å². The highest BCUT2D eigenvalue weighted by atomic mass is 16.2. The van der Waals surface area contributed by atoms with E-state index in [0.29, 0.717) is 0 Å². The van der Waals surface area contributed by atoms with E-state index >= 15 is 0 Å². The lowest BCUT2D eigenvalue weighted by atomic mass is 9.91. The van der Waals surface area contributed by atoms with E-state index in [9.17, 15) is 4.79 Å². The van der Waals surface area contributed by atoms with Gasteiger partial charge in [0.15, 0.2) is 0 Å². The van der Waals surface area contributed by atoms with Crippen molar-refractivity contribution in [1.82, 2.24) is 4.90 Å². The minimum Gasteiger partial charge on any atom is -0.369 e. The van der Waals surface area contributed by atoms with E-state index in [1.807, 2.05) is 18.7 Å². The van der Waals surface area contributed by atoms with Crippen molar-refractivity contribution in [3.63, 3.8) is 0 Å². The summed E-state index contributed by atoms with van der Waals surface area (Å²) in [7, 11) is 2.10. The van der Waals surface area contributed by atoms with Gasteiger partial charge < -0.3 is 9.80 Å². The van der Waals surface area contributed by atoms with Crippen LogP contribution in [0.15, 0.2) is 11.3 Å².